The van der Waals surface area contributed by atoms with Crippen LogP contribution in [-0.2, 0) is 9.53 Å². The average Bonchev–Trinajstić information content (AvgIpc) is 2.38. The molecule has 100 valence electrons. The molecule has 4 nitrogen and oxygen atoms in total. The van der Waals surface area contributed by atoms with Gasteiger partial charge in [-0.2, -0.15) is 0 Å². The number of methoxy groups -OCH3 is 1. The fourth-order valence-electron chi connectivity index (χ4n) is 2.47. The highest BCUT2D eigenvalue weighted by Gasteiger charge is 2.25. The number of ether oxygens (including phenoxy) is 1. The van der Waals surface area contributed by atoms with Crippen LogP contribution >= 0.6 is 0 Å². The molecular weight excluding hydrogens is 216 g/mol. The van der Waals surface area contributed by atoms with Crippen LogP contribution < -0.4 is 11.1 Å². The van der Waals surface area contributed by atoms with Gasteiger partial charge in [0.2, 0.25) is 5.91 Å². The van der Waals surface area contributed by atoms with Crippen molar-refractivity contribution in [1.29, 1.82) is 0 Å². The third-order valence-corrected chi connectivity index (χ3v) is 3.56. The summed E-state index contributed by atoms with van der Waals surface area (Å²) in [6.07, 6.45) is 6.33. The Hall–Kier alpha value is -0.610. The third-order valence-electron chi connectivity index (χ3n) is 3.56. The molecule has 0 aromatic rings. The highest BCUT2D eigenvalue weighted by molar-refractivity contribution is 5.78. The van der Waals surface area contributed by atoms with Crippen LogP contribution in [0, 0.1) is 11.8 Å². The zero-order valence-corrected chi connectivity index (χ0v) is 10.9. The number of carbonyl (C=O) groups excluding carboxylic acids is 1. The maximum atomic E-state index is 11.9. The molecule has 0 heterocycles. The minimum absolute atomic E-state index is 0.194. The Bertz CT molecular complexity index is 221. The van der Waals surface area contributed by atoms with Gasteiger partial charge in [-0.05, 0) is 44.6 Å². The number of nitrogens with two attached hydrogens (primary N) is 1. The van der Waals surface area contributed by atoms with Gasteiger partial charge in [0.05, 0.1) is 0 Å². The van der Waals surface area contributed by atoms with Gasteiger partial charge in [-0.1, -0.05) is 6.42 Å². The van der Waals surface area contributed by atoms with Gasteiger partial charge >= 0.3 is 0 Å². The minimum atomic E-state index is 0.194. The lowest BCUT2D eigenvalue weighted by molar-refractivity contribution is -0.126. The van der Waals surface area contributed by atoms with Crippen molar-refractivity contribution >= 4 is 5.91 Å². The molecule has 1 rings (SSSR count). The van der Waals surface area contributed by atoms with E-state index >= 15 is 0 Å². The summed E-state index contributed by atoms with van der Waals surface area (Å²) in [6.45, 7) is 2.26. The molecule has 2 atom stereocenters. The number of hydrogen-bond acceptors (Lipinski definition) is 3. The molecule has 0 spiro atoms. The van der Waals surface area contributed by atoms with Crippen molar-refractivity contribution in [3.63, 3.8) is 0 Å². The van der Waals surface area contributed by atoms with Crippen molar-refractivity contribution in [3.8, 4) is 0 Å². The van der Waals surface area contributed by atoms with Gasteiger partial charge in [-0.15, -0.1) is 0 Å². The van der Waals surface area contributed by atoms with Crippen molar-refractivity contribution in [2.24, 2.45) is 17.6 Å². The lowest BCUT2D eigenvalue weighted by Crippen LogP contribution is -2.35. The van der Waals surface area contributed by atoms with E-state index in [2.05, 4.69) is 5.32 Å². The minimum Gasteiger partial charge on any atom is -0.385 e. The predicted molar refractivity (Wildman–Crippen MR) is 68.6 cm³/mol. The molecule has 1 aliphatic rings. The standard InChI is InChI=1S/C13H26N2O2/c1-17-8-3-2-7-15-13(16)12-6-4-5-11(9-12)10-14/h11-12H,2-10,14H2,1H3,(H,15,16). The van der Waals surface area contributed by atoms with Crippen molar-refractivity contribution in [2.45, 2.75) is 38.5 Å². The molecular formula is C13H26N2O2. The number of unbranched alkanes of at least 4 members (excludes halogenated alkanes) is 1. The molecule has 4 heteroatoms. The molecule has 0 aromatic carbocycles. The molecule has 2 unspecified atom stereocenters. The highest BCUT2D eigenvalue weighted by atomic mass is 16.5. The molecule has 0 saturated heterocycles. The summed E-state index contributed by atoms with van der Waals surface area (Å²) in [5, 5.41) is 3.02. The van der Waals surface area contributed by atoms with Gasteiger partial charge in [0.15, 0.2) is 0 Å². The number of hydrogen-bond donors (Lipinski definition) is 2. The van der Waals surface area contributed by atoms with Gasteiger partial charge in [0.25, 0.3) is 0 Å². The Morgan fingerprint density at radius 2 is 2.24 bits per heavy atom. The van der Waals surface area contributed by atoms with Crippen LogP contribution in [0.2, 0.25) is 0 Å². The fraction of sp³-hybridized carbons (Fsp3) is 0.923. The second kappa shape index (κ2) is 8.48. The first-order valence-electron chi connectivity index (χ1n) is 6.74. The number of nitrogens with one attached hydrogen (secondary N) is 1. The van der Waals surface area contributed by atoms with E-state index in [1.807, 2.05) is 0 Å². The van der Waals surface area contributed by atoms with Gasteiger partial charge < -0.3 is 15.8 Å². The van der Waals surface area contributed by atoms with E-state index in [9.17, 15) is 4.79 Å². The number of amides is 1. The lowest BCUT2D eigenvalue weighted by atomic mass is 9.81. The van der Waals surface area contributed by atoms with Crippen LogP contribution in [0.5, 0.6) is 0 Å². The first-order valence-corrected chi connectivity index (χ1v) is 6.74. The van der Waals surface area contributed by atoms with Crippen LogP contribution in [0.3, 0.4) is 0 Å². The second-order valence-corrected chi connectivity index (χ2v) is 4.96. The van der Waals surface area contributed by atoms with Crippen LogP contribution in [0.1, 0.15) is 38.5 Å². The Balaban J connectivity index is 2.14. The average molecular weight is 242 g/mol. The van der Waals surface area contributed by atoms with E-state index in [0.717, 1.165) is 51.8 Å². The molecule has 0 radical (unpaired) electrons. The largest absolute Gasteiger partial charge is 0.385 e. The van der Waals surface area contributed by atoms with E-state index in [1.54, 1.807) is 7.11 Å². The van der Waals surface area contributed by atoms with Gasteiger partial charge in [0.1, 0.15) is 0 Å². The number of carbonyl (C=O) groups is 1. The number of rotatable bonds is 7. The molecule has 0 aromatic heterocycles. The molecule has 0 aliphatic heterocycles. The molecule has 0 bridgehead atoms. The van der Waals surface area contributed by atoms with Gasteiger partial charge in [0, 0.05) is 26.2 Å². The smallest absolute Gasteiger partial charge is 0.223 e. The molecule has 3 N–H and O–H groups in total. The fourth-order valence-corrected chi connectivity index (χ4v) is 2.47. The Kier molecular flexibility index (Phi) is 7.21. The van der Waals surface area contributed by atoms with Crippen LogP contribution in [0.25, 0.3) is 0 Å². The summed E-state index contributed by atoms with van der Waals surface area (Å²) >= 11 is 0. The van der Waals surface area contributed by atoms with E-state index in [0.29, 0.717) is 5.92 Å². The van der Waals surface area contributed by atoms with Crippen molar-refractivity contribution in [2.75, 3.05) is 26.8 Å². The maximum absolute atomic E-state index is 11.9. The van der Waals surface area contributed by atoms with E-state index < -0.39 is 0 Å². The summed E-state index contributed by atoms with van der Waals surface area (Å²) < 4.78 is 4.97. The summed E-state index contributed by atoms with van der Waals surface area (Å²) in [6, 6.07) is 0. The van der Waals surface area contributed by atoms with Crippen molar-refractivity contribution < 1.29 is 9.53 Å². The Morgan fingerprint density at radius 1 is 1.41 bits per heavy atom. The monoisotopic (exact) mass is 242 g/mol. The normalized spacial score (nSPS) is 24.6. The predicted octanol–water partition coefficient (Wildman–Crippen LogP) is 1.29. The SMILES string of the molecule is COCCCCNC(=O)C1CCCC(CN)C1. The van der Waals surface area contributed by atoms with Gasteiger partial charge in [-0.3, -0.25) is 4.79 Å². The molecule has 1 aliphatic carbocycles. The summed E-state index contributed by atoms with van der Waals surface area (Å²) in [5.74, 6) is 0.966. The summed E-state index contributed by atoms with van der Waals surface area (Å²) in [4.78, 5) is 11.9. The molecule has 1 saturated carbocycles. The van der Waals surface area contributed by atoms with Crippen molar-refractivity contribution in [3.05, 3.63) is 0 Å². The summed E-state index contributed by atoms with van der Waals surface area (Å²) in [5.41, 5.74) is 5.68. The van der Waals surface area contributed by atoms with Crippen molar-refractivity contribution in [1.82, 2.24) is 5.32 Å². The first kappa shape index (κ1) is 14.5. The first-order chi connectivity index (χ1) is 8.27. The highest BCUT2D eigenvalue weighted by Crippen LogP contribution is 2.28. The maximum Gasteiger partial charge on any atom is 0.223 e. The third kappa shape index (κ3) is 5.50. The second-order valence-electron chi connectivity index (χ2n) is 4.96. The zero-order chi connectivity index (χ0) is 12.5. The van der Waals surface area contributed by atoms with Gasteiger partial charge in [-0.25, -0.2) is 0 Å². The Labute approximate surface area is 104 Å². The van der Waals surface area contributed by atoms with E-state index in [-0.39, 0.29) is 11.8 Å². The quantitative estimate of drug-likeness (QED) is 0.661. The molecule has 1 fully saturated rings. The lowest BCUT2D eigenvalue weighted by Gasteiger charge is -2.27. The van der Waals surface area contributed by atoms with E-state index in [1.165, 1.54) is 6.42 Å². The summed E-state index contributed by atoms with van der Waals surface area (Å²) in [7, 11) is 1.70. The topological polar surface area (TPSA) is 64.3 Å². The van der Waals surface area contributed by atoms with Crippen LogP contribution in [0.15, 0.2) is 0 Å². The van der Waals surface area contributed by atoms with E-state index in [4.69, 9.17) is 10.5 Å². The van der Waals surface area contributed by atoms with Crippen LogP contribution in [-0.4, -0.2) is 32.7 Å². The molecule has 1 amide bonds. The van der Waals surface area contributed by atoms with Crippen LogP contribution in [0.4, 0.5) is 0 Å². The zero-order valence-electron chi connectivity index (χ0n) is 10.9. The molecule has 17 heavy (non-hydrogen) atoms. The Morgan fingerprint density at radius 3 is 2.94 bits per heavy atom.